The van der Waals surface area contributed by atoms with E-state index in [0.29, 0.717) is 6.04 Å². The summed E-state index contributed by atoms with van der Waals surface area (Å²) in [7, 11) is 1.66. The molecule has 1 fully saturated rings. The van der Waals surface area contributed by atoms with Gasteiger partial charge >= 0.3 is 0 Å². The van der Waals surface area contributed by atoms with Crippen LogP contribution in [-0.2, 0) is 0 Å². The van der Waals surface area contributed by atoms with Gasteiger partial charge in [-0.05, 0) is 19.0 Å². The zero-order chi connectivity index (χ0) is 8.39. The monoisotopic (exact) mass is 164 g/mol. The predicted molar refractivity (Wildman–Crippen MR) is 46.1 cm³/mol. The van der Waals surface area contributed by atoms with Gasteiger partial charge in [0.1, 0.15) is 0 Å². The molecule has 64 valence electrons. The van der Waals surface area contributed by atoms with E-state index < -0.39 is 0 Å². The molecule has 2 heterocycles. The van der Waals surface area contributed by atoms with E-state index in [4.69, 9.17) is 4.74 Å². The van der Waals surface area contributed by atoms with Crippen LogP contribution >= 0.6 is 0 Å². The minimum Gasteiger partial charge on any atom is -0.481 e. The molecule has 1 N–H and O–H groups in total. The third kappa shape index (κ3) is 1.16. The first-order valence-corrected chi connectivity index (χ1v) is 4.14. The van der Waals surface area contributed by atoms with Crippen LogP contribution in [0.5, 0.6) is 5.88 Å². The van der Waals surface area contributed by atoms with E-state index in [9.17, 15) is 0 Å². The first-order valence-electron chi connectivity index (χ1n) is 4.14. The van der Waals surface area contributed by atoms with Gasteiger partial charge in [-0.1, -0.05) is 6.07 Å². The number of ether oxygens (including phenoxy) is 1. The van der Waals surface area contributed by atoms with Gasteiger partial charge in [-0.15, -0.1) is 0 Å². The minimum absolute atomic E-state index is 0.452. The van der Waals surface area contributed by atoms with Crippen LogP contribution in [0.2, 0.25) is 0 Å². The van der Waals surface area contributed by atoms with Crippen molar-refractivity contribution in [2.24, 2.45) is 0 Å². The Morgan fingerprint density at radius 1 is 1.67 bits per heavy atom. The molecule has 1 aromatic heterocycles. The molecular weight excluding hydrogens is 152 g/mol. The van der Waals surface area contributed by atoms with Gasteiger partial charge in [0.2, 0.25) is 5.88 Å². The summed E-state index contributed by atoms with van der Waals surface area (Å²) in [5.74, 6) is 0.745. The molecule has 0 amide bonds. The molecule has 12 heavy (non-hydrogen) atoms. The Morgan fingerprint density at radius 2 is 2.50 bits per heavy atom. The van der Waals surface area contributed by atoms with Crippen LogP contribution < -0.4 is 10.1 Å². The lowest BCUT2D eigenvalue weighted by molar-refractivity contribution is 0.344. The highest BCUT2D eigenvalue weighted by atomic mass is 16.5. The van der Waals surface area contributed by atoms with Gasteiger partial charge in [0.15, 0.2) is 0 Å². The molecule has 2 rings (SSSR count). The summed E-state index contributed by atoms with van der Waals surface area (Å²) in [5, 5.41) is 3.32. The Labute approximate surface area is 71.8 Å². The number of aromatic nitrogens is 1. The Hall–Kier alpha value is -1.09. The number of pyridine rings is 1. The molecule has 3 heteroatoms. The Balaban J connectivity index is 2.27. The number of nitrogens with zero attached hydrogens (tertiary/aromatic N) is 1. The van der Waals surface area contributed by atoms with Gasteiger partial charge in [-0.3, -0.25) is 0 Å². The molecule has 1 aliphatic rings. The molecule has 0 aliphatic carbocycles. The van der Waals surface area contributed by atoms with Crippen molar-refractivity contribution < 1.29 is 4.74 Å². The molecule has 1 aromatic rings. The predicted octanol–water partition coefficient (Wildman–Crippen LogP) is 1.12. The van der Waals surface area contributed by atoms with E-state index in [2.05, 4.69) is 16.4 Å². The fourth-order valence-electron chi connectivity index (χ4n) is 1.39. The molecule has 1 aliphatic heterocycles. The van der Waals surface area contributed by atoms with Gasteiger partial charge in [-0.2, -0.15) is 0 Å². The molecule has 0 bridgehead atoms. The van der Waals surface area contributed by atoms with E-state index in [1.165, 1.54) is 12.0 Å². The highest BCUT2D eigenvalue weighted by Crippen LogP contribution is 2.28. The van der Waals surface area contributed by atoms with Crippen molar-refractivity contribution in [3.05, 3.63) is 23.9 Å². The molecule has 1 saturated heterocycles. The average molecular weight is 164 g/mol. The van der Waals surface area contributed by atoms with E-state index in [1.807, 2.05) is 6.07 Å². The maximum absolute atomic E-state index is 5.15. The van der Waals surface area contributed by atoms with Crippen molar-refractivity contribution in [1.29, 1.82) is 0 Å². The fraction of sp³-hybridized carbons (Fsp3) is 0.444. The molecule has 0 spiro atoms. The summed E-state index contributed by atoms with van der Waals surface area (Å²) < 4.78 is 5.15. The van der Waals surface area contributed by atoms with Gasteiger partial charge in [-0.25, -0.2) is 4.98 Å². The molecular formula is C9H12N2O. The summed E-state index contributed by atoms with van der Waals surface area (Å²) >= 11 is 0. The van der Waals surface area contributed by atoms with Gasteiger partial charge in [0, 0.05) is 17.8 Å². The Morgan fingerprint density at radius 3 is 3.08 bits per heavy atom. The molecule has 0 radical (unpaired) electrons. The smallest absolute Gasteiger partial charge is 0.217 e. The summed E-state index contributed by atoms with van der Waals surface area (Å²) in [6, 6.07) is 4.45. The molecule has 3 nitrogen and oxygen atoms in total. The van der Waals surface area contributed by atoms with Crippen LogP contribution in [0, 0.1) is 0 Å². The summed E-state index contributed by atoms with van der Waals surface area (Å²) in [6.45, 7) is 1.10. The third-order valence-electron chi connectivity index (χ3n) is 2.19. The summed E-state index contributed by atoms with van der Waals surface area (Å²) in [5.41, 5.74) is 1.17. The summed E-state index contributed by atoms with van der Waals surface area (Å²) in [6.07, 6.45) is 2.93. The highest BCUT2D eigenvalue weighted by Gasteiger charge is 2.21. The third-order valence-corrected chi connectivity index (χ3v) is 2.19. The van der Waals surface area contributed by atoms with Crippen LogP contribution in [-0.4, -0.2) is 18.6 Å². The second kappa shape index (κ2) is 3.11. The lowest BCUT2D eigenvalue weighted by Gasteiger charge is -2.28. The Bertz CT molecular complexity index is 271. The van der Waals surface area contributed by atoms with Gasteiger partial charge < -0.3 is 10.1 Å². The average Bonchev–Trinajstić information content (AvgIpc) is 2.02. The number of rotatable bonds is 2. The van der Waals surface area contributed by atoms with Crippen LogP contribution in [0.25, 0.3) is 0 Å². The van der Waals surface area contributed by atoms with Crippen LogP contribution in [0.3, 0.4) is 0 Å². The maximum atomic E-state index is 5.15. The number of hydrogen-bond donors (Lipinski definition) is 1. The quantitative estimate of drug-likeness (QED) is 0.711. The lowest BCUT2D eigenvalue weighted by atomic mass is 9.99. The maximum Gasteiger partial charge on any atom is 0.217 e. The lowest BCUT2D eigenvalue weighted by Crippen LogP contribution is -2.35. The minimum atomic E-state index is 0.452. The SMILES string of the molecule is COc1ncccc1[C@H]1CCN1. The standard InChI is InChI=1S/C9H12N2O/c1-12-9-7(3-2-5-11-9)8-4-6-10-8/h2-3,5,8,10H,4,6H2,1H3/t8-/m1/s1. The number of methoxy groups -OCH3 is 1. The van der Waals surface area contributed by atoms with Gasteiger partial charge in [0.05, 0.1) is 7.11 Å². The summed E-state index contributed by atoms with van der Waals surface area (Å²) in [4.78, 5) is 4.14. The first-order chi connectivity index (χ1) is 5.92. The van der Waals surface area contributed by atoms with E-state index in [-0.39, 0.29) is 0 Å². The van der Waals surface area contributed by atoms with E-state index in [1.54, 1.807) is 13.3 Å². The zero-order valence-electron chi connectivity index (χ0n) is 7.08. The molecule has 0 unspecified atom stereocenters. The Kier molecular flexibility index (Phi) is 1.96. The number of hydrogen-bond acceptors (Lipinski definition) is 3. The van der Waals surface area contributed by atoms with Crippen molar-refractivity contribution >= 4 is 0 Å². The second-order valence-corrected chi connectivity index (χ2v) is 2.90. The largest absolute Gasteiger partial charge is 0.481 e. The second-order valence-electron chi connectivity index (χ2n) is 2.90. The zero-order valence-corrected chi connectivity index (χ0v) is 7.08. The van der Waals surface area contributed by atoms with Crippen LogP contribution in [0.4, 0.5) is 0 Å². The van der Waals surface area contributed by atoms with E-state index >= 15 is 0 Å². The van der Waals surface area contributed by atoms with Crippen molar-refractivity contribution in [3.8, 4) is 5.88 Å². The van der Waals surface area contributed by atoms with Crippen molar-refractivity contribution in [3.63, 3.8) is 0 Å². The van der Waals surface area contributed by atoms with Gasteiger partial charge in [0.25, 0.3) is 0 Å². The van der Waals surface area contributed by atoms with Crippen LogP contribution in [0.1, 0.15) is 18.0 Å². The van der Waals surface area contributed by atoms with Crippen molar-refractivity contribution in [2.45, 2.75) is 12.5 Å². The fourth-order valence-corrected chi connectivity index (χ4v) is 1.39. The molecule has 0 aromatic carbocycles. The van der Waals surface area contributed by atoms with E-state index in [0.717, 1.165) is 12.4 Å². The normalized spacial score (nSPS) is 21.6. The highest BCUT2D eigenvalue weighted by molar-refractivity contribution is 5.30. The van der Waals surface area contributed by atoms with Crippen molar-refractivity contribution in [2.75, 3.05) is 13.7 Å². The van der Waals surface area contributed by atoms with Crippen LogP contribution in [0.15, 0.2) is 18.3 Å². The first kappa shape index (κ1) is 7.55. The topological polar surface area (TPSA) is 34.1 Å². The molecule has 0 saturated carbocycles. The molecule has 1 atom stereocenters. The number of nitrogens with one attached hydrogen (secondary N) is 1. The van der Waals surface area contributed by atoms with Crippen molar-refractivity contribution in [1.82, 2.24) is 10.3 Å².